The van der Waals surface area contributed by atoms with Gasteiger partial charge in [-0.2, -0.15) is 0 Å². The summed E-state index contributed by atoms with van der Waals surface area (Å²) >= 11 is 5.74. The lowest BCUT2D eigenvalue weighted by Crippen LogP contribution is -2.23. The maximum atomic E-state index is 13.2. The molecule has 1 aromatic heterocycles. The van der Waals surface area contributed by atoms with Gasteiger partial charge in [-0.1, -0.05) is 17.7 Å². The van der Waals surface area contributed by atoms with E-state index in [1.165, 1.54) is 6.20 Å². The lowest BCUT2D eigenvalue weighted by molar-refractivity contribution is 0.580. The van der Waals surface area contributed by atoms with Gasteiger partial charge in [0.2, 0.25) is 10.0 Å². The fraction of sp³-hybridized carbons (Fsp3) is 0.0833. The van der Waals surface area contributed by atoms with Crippen LogP contribution in [0.15, 0.2) is 41.6 Å². The molecule has 2 aromatic rings. The fourth-order valence-corrected chi connectivity index (χ4v) is 3.07. The Bertz CT molecular complexity index is 723. The van der Waals surface area contributed by atoms with Crippen molar-refractivity contribution in [3.63, 3.8) is 0 Å². The molecule has 2 rings (SSSR count). The molecular weight excluding hydrogens is 305 g/mol. The van der Waals surface area contributed by atoms with Crippen molar-refractivity contribution in [2.75, 3.05) is 5.73 Å². The summed E-state index contributed by atoms with van der Waals surface area (Å²) in [4.78, 5) is 3.61. The molecule has 0 fully saturated rings. The van der Waals surface area contributed by atoms with Gasteiger partial charge in [-0.05, 0) is 23.8 Å². The van der Waals surface area contributed by atoms with Gasteiger partial charge in [0.25, 0.3) is 0 Å². The molecule has 3 N–H and O–H groups in total. The van der Waals surface area contributed by atoms with Gasteiger partial charge in [-0.3, -0.25) is 4.98 Å². The van der Waals surface area contributed by atoms with Crippen molar-refractivity contribution in [1.82, 2.24) is 9.71 Å². The van der Waals surface area contributed by atoms with Crippen molar-refractivity contribution in [3.8, 4) is 0 Å². The molecule has 0 aliphatic carbocycles. The number of aromatic nitrogens is 1. The third kappa shape index (κ3) is 3.24. The number of nitrogens with two attached hydrogens (primary N) is 1. The molecule has 0 bridgehead atoms. The van der Waals surface area contributed by atoms with Crippen LogP contribution in [0.3, 0.4) is 0 Å². The van der Waals surface area contributed by atoms with Crippen LogP contribution in [0.1, 0.15) is 5.56 Å². The average molecular weight is 316 g/mol. The molecule has 8 heteroatoms. The highest BCUT2D eigenvalue weighted by Crippen LogP contribution is 2.26. The van der Waals surface area contributed by atoms with E-state index in [0.29, 0.717) is 5.56 Å². The molecule has 5 nitrogen and oxygen atoms in total. The normalized spacial score (nSPS) is 11.5. The summed E-state index contributed by atoms with van der Waals surface area (Å²) in [5, 5.41) is -0.226. The first-order valence-corrected chi connectivity index (χ1v) is 7.39. The Hall–Kier alpha value is -1.70. The number of pyridine rings is 1. The molecule has 0 saturated heterocycles. The van der Waals surface area contributed by atoms with E-state index in [-0.39, 0.29) is 22.2 Å². The molecule has 20 heavy (non-hydrogen) atoms. The van der Waals surface area contributed by atoms with E-state index in [4.69, 9.17) is 17.3 Å². The smallest absolute Gasteiger partial charge is 0.242 e. The minimum atomic E-state index is -3.88. The summed E-state index contributed by atoms with van der Waals surface area (Å²) in [6, 6.07) is 5.27. The van der Waals surface area contributed by atoms with Crippen molar-refractivity contribution in [3.05, 3.63) is 53.1 Å². The number of nitrogens with zero attached hydrogens (tertiary/aromatic N) is 1. The first kappa shape index (κ1) is 14.7. The van der Waals surface area contributed by atoms with Crippen LogP contribution in [-0.2, 0) is 16.6 Å². The third-order valence-corrected chi connectivity index (χ3v) is 4.40. The second kappa shape index (κ2) is 5.74. The standard InChI is InChI=1S/C12H11ClFN3O2S/c13-9-4-10(14)11(15)5-12(9)20(18,19)17-7-8-2-1-3-16-6-8/h1-6,17H,7,15H2. The molecule has 0 saturated carbocycles. The molecule has 0 unspecified atom stereocenters. The largest absolute Gasteiger partial charge is 0.396 e. The molecule has 0 aliphatic heterocycles. The Morgan fingerprint density at radius 1 is 1.40 bits per heavy atom. The number of nitrogen functional groups attached to an aromatic ring is 1. The lowest BCUT2D eigenvalue weighted by atomic mass is 10.3. The minimum absolute atomic E-state index is 0.0454. The monoisotopic (exact) mass is 315 g/mol. The first-order valence-electron chi connectivity index (χ1n) is 5.53. The van der Waals surface area contributed by atoms with E-state index >= 15 is 0 Å². The van der Waals surface area contributed by atoms with Crippen LogP contribution in [0.25, 0.3) is 0 Å². The number of hydrogen-bond donors (Lipinski definition) is 2. The lowest BCUT2D eigenvalue weighted by Gasteiger charge is -2.09. The van der Waals surface area contributed by atoms with Gasteiger partial charge in [0, 0.05) is 18.9 Å². The second-order valence-corrected chi connectivity index (χ2v) is 6.13. The van der Waals surface area contributed by atoms with E-state index in [2.05, 4.69) is 9.71 Å². The van der Waals surface area contributed by atoms with Gasteiger partial charge < -0.3 is 5.73 Å². The maximum Gasteiger partial charge on any atom is 0.242 e. The van der Waals surface area contributed by atoms with Crippen molar-refractivity contribution in [2.45, 2.75) is 11.4 Å². The average Bonchev–Trinajstić information content (AvgIpc) is 2.42. The summed E-state index contributed by atoms with van der Waals surface area (Å²) in [7, 11) is -3.88. The summed E-state index contributed by atoms with van der Waals surface area (Å²) < 4.78 is 39.7. The quantitative estimate of drug-likeness (QED) is 0.844. The van der Waals surface area contributed by atoms with E-state index in [0.717, 1.165) is 12.1 Å². The Labute approximate surface area is 120 Å². The van der Waals surface area contributed by atoms with Crippen molar-refractivity contribution >= 4 is 27.3 Å². The fourth-order valence-electron chi connectivity index (χ4n) is 1.51. The van der Waals surface area contributed by atoms with Gasteiger partial charge in [-0.15, -0.1) is 0 Å². The highest BCUT2D eigenvalue weighted by molar-refractivity contribution is 7.89. The van der Waals surface area contributed by atoms with Gasteiger partial charge in [0.05, 0.1) is 10.7 Å². The number of hydrogen-bond acceptors (Lipinski definition) is 4. The summed E-state index contributed by atoms with van der Waals surface area (Å²) in [6.07, 6.45) is 3.11. The van der Waals surface area contributed by atoms with Crippen LogP contribution in [0.5, 0.6) is 0 Å². The van der Waals surface area contributed by atoms with Gasteiger partial charge in [0.1, 0.15) is 10.7 Å². The molecule has 1 aromatic carbocycles. The van der Waals surface area contributed by atoms with Gasteiger partial charge in [0.15, 0.2) is 0 Å². The Kier molecular flexibility index (Phi) is 4.22. The molecule has 0 atom stereocenters. The zero-order chi connectivity index (χ0) is 14.8. The molecule has 106 valence electrons. The second-order valence-electron chi connectivity index (χ2n) is 3.99. The van der Waals surface area contributed by atoms with Crippen molar-refractivity contribution in [1.29, 1.82) is 0 Å². The molecule has 0 amide bonds. The maximum absolute atomic E-state index is 13.2. The van der Waals surface area contributed by atoms with Crippen molar-refractivity contribution < 1.29 is 12.8 Å². The predicted molar refractivity (Wildman–Crippen MR) is 74.1 cm³/mol. The first-order chi connectivity index (χ1) is 9.40. The van der Waals surface area contributed by atoms with Crippen LogP contribution in [-0.4, -0.2) is 13.4 Å². The minimum Gasteiger partial charge on any atom is -0.396 e. The number of sulfonamides is 1. The van der Waals surface area contributed by atoms with Crippen molar-refractivity contribution in [2.24, 2.45) is 0 Å². The van der Waals surface area contributed by atoms with Crippen LogP contribution < -0.4 is 10.5 Å². The predicted octanol–water partition coefficient (Wildman–Crippen LogP) is 1.93. The number of rotatable bonds is 4. The summed E-state index contributed by atoms with van der Waals surface area (Å²) in [5.41, 5.74) is 5.76. The SMILES string of the molecule is Nc1cc(S(=O)(=O)NCc2cccnc2)c(Cl)cc1F. The third-order valence-electron chi connectivity index (χ3n) is 2.53. The molecule has 1 heterocycles. The topological polar surface area (TPSA) is 85.1 Å². The Morgan fingerprint density at radius 3 is 2.80 bits per heavy atom. The van der Waals surface area contributed by atoms with Crippen LogP contribution in [0.2, 0.25) is 5.02 Å². The van der Waals surface area contributed by atoms with Gasteiger partial charge >= 0.3 is 0 Å². The Morgan fingerprint density at radius 2 is 2.15 bits per heavy atom. The number of benzene rings is 1. The number of anilines is 1. The summed E-state index contributed by atoms with van der Waals surface area (Å²) in [6.45, 7) is 0.0454. The van der Waals surface area contributed by atoms with E-state index < -0.39 is 15.8 Å². The zero-order valence-corrected chi connectivity index (χ0v) is 11.7. The number of nitrogens with one attached hydrogen (secondary N) is 1. The summed E-state index contributed by atoms with van der Waals surface area (Å²) in [5.74, 6) is -0.763. The van der Waals surface area contributed by atoms with E-state index in [1.807, 2.05) is 0 Å². The Balaban J connectivity index is 2.25. The highest BCUT2D eigenvalue weighted by atomic mass is 35.5. The molecular formula is C12H11ClFN3O2S. The van der Waals surface area contributed by atoms with E-state index in [9.17, 15) is 12.8 Å². The van der Waals surface area contributed by atoms with Crippen LogP contribution in [0, 0.1) is 5.82 Å². The molecule has 0 spiro atoms. The molecule has 0 aliphatic rings. The van der Waals surface area contributed by atoms with Crippen LogP contribution in [0.4, 0.5) is 10.1 Å². The van der Waals surface area contributed by atoms with E-state index in [1.54, 1.807) is 18.3 Å². The van der Waals surface area contributed by atoms with Gasteiger partial charge in [-0.25, -0.2) is 17.5 Å². The zero-order valence-electron chi connectivity index (χ0n) is 10.2. The van der Waals surface area contributed by atoms with Crippen LogP contribution >= 0.6 is 11.6 Å². The molecule has 0 radical (unpaired) electrons. The highest BCUT2D eigenvalue weighted by Gasteiger charge is 2.19. The number of halogens is 2.